The van der Waals surface area contributed by atoms with Crippen molar-refractivity contribution in [1.82, 2.24) is 15.0 Å². The maximum absolute atomic E-state index is 5.91. The third-order valence-corrected chi connectivity index (χ3v) is 2.65. The fraction of sp³-hybridized carbons (Fsp3) is 0.333. The molecule has 92 valence electrons. The lowest BCUT2D eigenvalue weighted by Gasteiger charge is -2.09. The molecule has 0 amide bonds. The number of benzene rings is 1. The van der Waals surface area contributed by atoms with E-state index in [1.54, 1.807) is 10.9 Å². The molecule has 4 nitrogen and oxygen atoms in total. The summed E-state index contributed by atoms with van der Waals surface area (Å²) < 4.78 is 1.74. The molecule has 0 radical (unpaired) electrons. The zero-order valence-electron chi connectivity index (χ0n) is 9.78. The molecule has 2 aromatic rings. The summed E-state index contributed by atoms with van der Waals surface area (Å²) >= 11 is 0. The quantitative estimate of drug-likeness (QED) is 0.905. The van der Waals surface area contributed by atoms with Crippen molar-refractivity contribution in [3.05, 3.63) is 42.2 Å². The SMILES string of the molecule is CCC(N)Cc1ccc(-n2ccnn2)cc1.Cl. The molecule has 1 heterocycles. The lowest BCUT2D eigenvalue weighted by atomic mass is 10.0. The standard InChI is InChI=1S/C12H16N4.ClH/c1-2-11(13)9-10-3-5-12(6-4-10)16-8-7-14-15-16;/h3-8,11H,2,9,13H2,1H3;1H. The molecule has 0 fully saturated rings. The van der Waals surface area contributed by atoms with Gasteiger partial charge in [-0.05, 0) is 30.5 Å². The molecule has 1 atom stereocenters. The number of aromatic nitrogens is 3. The summed E-state index contributed by atoms with van der Waals surface area (Å²) in [5.41, 5.74) is 8.19. The Bertz CT molecular complexity index is 424. The molecule has 0 saturated carbocycles. The van der Waals surface area contributed by atoms with Gasteiger partial charge < -0.3 is 5.73 Å². The van der Waals surface area contributed by atoms with Gasteiger partial charge in [-0.3, -0.25) is 0 Å². The number of hydrogen-bond donors (Lipinski definition) is 1. The van der Waals surface area contributed by atoms with Gasteiger partial charge in [-0.25, -0.2) is 4.68 Å². The maximum atomic E-state index is 5.91. The molecule has 0 bridgehead atoms. The zero-order chi connectivity index (χ0) is 11.4. The fourth-order valence-electron chi connectivity index (χ4n) is 1.58. The average Bonchev–Trinajstić information content (AvgIpc) is 2.83. The van der Waals surface area contributed by atoms with Crippen LogP contribution in [0.5, 0.6) is 0 Å². The highest BCUT2D eigenvalue weighted by molar-refractivity contribution is 5.85. The first-order chi connectivity index (χ1) is 7.79. The molecule has 0 saturated heterocycles. The van der Waals surface area contributed by atoms with Crippen molar-refractivity contribution in [2.75, 3.05) is 0 Å². The van der Waals surface area contributed by atoms with E-state index in [4.69, 9.17) is 5.73 Å². The van der Waals surface area contributed by atoms with Crippen LogP contribution in [0.1, 0.15) is 18.9 Å². The second kappa shape index (κ2) is 6.37. The minimum atomic E-state index is 0. The van der Waals surface area contributed by atoms with Crippen LogP contribution in [0.15, 0.2) is 36.7 Å². The molecule has 2 rings (SSSR count). The summed E-state index contributed by atoms with van der Waals surface area (Å²) in [6, 6.07) is 8.50. The Morgan fingerprint density at radius 2 is 2.00 bits per heavy atom. The van der Waals surface area contributed by atoms with E-state index < -0.39 is 0 Å². The van der Waals surface area contributed by atoms with E-state index in [1.165, 1.54) is 5.56 Å². The third kappa shape index (κ3) is 3.54. The number of halogens is 1. The highest BCUT2D eigenvalue weighted by Crippen LogP contribution is 2.10. The average molecular weight is 253 g/mol. The van der Waals surface area contributed by atoms with E-state index in [0.717, 1.165) is 18.5 Å². The summed E-state index contributed by atoms with van der Waals surface area (Å²) in [7, 11) is 0. The van der Waals surface area contributed by atoms with Crippen LogP contribution < -0.4 is 5.73 Å². The van der Waals surface area contributed by atoms with Crippen LogP contribution in [0.2, 0.25) is 0 Å². The van der Waals surface area contributed by atoms with Crippen molar-refractivity contribution in [3.8, 4) is 5.69 Å². The minimum Gasteiger partial charge on any atom is -0.327 e. The van der Waals surface area contributed by atoms with Crippen molar-refractivity contribution in [3.63, 3.8) is 0 Å². The second-order valence-corrected chi connectivity index (χ2v) is 3.89. The molecule has 0 aliphatic carbocycles. The van der Waals surface area contributed by atoms with E-state index in [2.05, 4.69) is 29.4 Å². The van der Waals surface area contributed by atoms with E-state index >= 15 is 0 Å². The topological polar surface area (TPSA) is 56.7 Å². The smallest absolute Gasteiger partial charge is 0.0697 e. The van der Waals surface area contributed by atoms with Crippen molar-refractivity contribution in [1.29, 1.82) is 0 Å². The molecular weight excluding hydrogens is 236 g/mol. The highest BCUT2D eigenvalue weighted by atomic mass is 35.5. The largest absolute Gasteiger partial charge is 0.327 e. The molecule has 1 aromatic carbocycles. The first-order valence-corrected chi connectivity index (χ1v) is 5.51. The van der Waals surface area contributed by atoms with Crippen molar-refractivity contribution in [2.45, 2.75) is 25.8 Å². The Morgan fingerprint density at radius 1 is 1.29 bits per heavy atom. The third-order valence-electron chi connectivity index (χ3n) is 2.65. The zero-order valence-corrected chi connectivity index (χ0v) is 10.6. The second-order valence-electron chi connectivity index (χ2n) is 3.89. The van der Waals surface area contributed by atoms with Crippen LogP contribution in [0.4, 0.5) is 0 Å². The molecule has 1 unspecified atom stereocenters. The molecule has 0 aliphatic rings. The summed E-state index contributed by atoms with van der Waals surface area (Å²) in [4.78, 5) is 0. The van der Waals surface area contributed by atoms with Gasteiger partial charge in [0, 0.05) is 6.04 Å². The highest BCUT2D eigenvalue weighted by Gasteiger charge is 2.02. The van der Waals surface area contributed by atoms with Crippen LogP contribution >= 0.6 is 12.4 Å². The first kappa shape index (κ1) is 13.7. The fourth-order valence-corrected chi connectivity index (χ4v) is 1.58. The molecule has 1 aromatic heterocycles. The number of nitrogens with zero attached hydrogens (tertiary/aromatic N) is 3. The van der Waals surface area contributed by atoms with Crippen LogP contribution in [0.25, 0.3) is 5.69 Å². The van der Waals surface area contributed by atoms with Crippen LogP contribution in [0, 0.1) is 0 Å². The number of rotatable bonds is 4. The van der Waals surface area contributed by atoms with Crippen LogP contribution in [-0.4, -0.2) is 21.0 Å². The summed E-state index contributed by atoms with van der Waals surface area (Å²) in [6.07, 6.45) is 5.42. The van der Waals surface area contributed by atoms with Gasteiger partial charge in [-0.1, -0.05) is 24.3 Å². The van der Waals surface area contributed by atoms with Gasteiger partial charge in [0.2, 0.25) is 0 Å². The number of hydrogen-bond acceptors (Lipinski definition) is 3. The van der Waals surface area contributed by atoms with Crippen LogP contribution in [-0.2, 0) is 6.42 Å². The summed E-state index contributed by atoms with van der Waals surface area (Å²) in [6.45, 7) is 2.11. The van der Waals surface area contributed by atoms with Gasteiger partial charge in [0.15, 0.2) is 0 Å². The van der Waals surface area contributed by atoms with Gasteiger partial charge in [0.1, 0.15) is 0 Å². The predicted octanol–water partition coefficient (Wildman–Crippen LogP) is 1.97. The molecule has 5 heteroatoms. The molecule has 0 aliphatic heterocycles. The predicted molar refractivity (Wildman–Crippen MR) is 70.6 cm³/mol. The van der Waals surface area contributed by atoms with Gasteiger partial charge in [-0.15, -0.1) is 17.5 Å². The van der Waals surface area contributed by atoms with E-state index in [9.17, 15) is 0 Å². The first-order valence-electron chi connectivity index (χ1n) is 5.51. The van der Waals surface area contributed by atoms with Gasteiger partial charge in [0.05, 0.1) is 18.1 Å². The lowest BCUT2D eigenvalue weighted by molar-refractivity contribution is 0.646. The van der Waals surface area contributed by atoms with E-state index in [-0.39, 0.29) is 18.4 Å². The van der Waals surface area contributed by atoms with Gasteiger partial charge in [0.25, 0.3) is 0 Å². The molecule has 17 heavy (non-hydrogen) atoms. The Morgan fingerprint density at radius 3 is 2.53 bits per heavy atom. The number of nitrogens with two attached hydrogens (primary N) is 1. The molecule has 0 spiro atoms. The monoisotopic (exact) mass is 252 g/mol. The normalized spacial score (nSPS) is 11.9. The Hall–Kier alpha value is -1.39. The Balaban J connectivity index is 0.00000144. The summed E-state index contributed by atoms with van der Waals surface area (Å²) in [5.74, 6) is 0. The summed E-state index contributed by atoms with van der Waals surface area (Å²) in [5, 5.41) is 7.71. The molecule has 2 N–H and O–H groups in total. The lowest BCUT2D eigenvalue weighted by Crippen LogP contribution is -2.21. The Labute approximate surface area is 107 Å². The van der Waals surface area contributed by atoms with E-state index in [0.29, 0.717) is 0 Å². The minimum absolute atomic E-state index is 0. The van der Waals surface area contributed by atoms with E-state index in [1.807, 2.05) is 18.3 Å². The van der Waals surface area contributed by atoms with Gasteiger partial charge >= 0.3 is 0 Å². The van der Waals surface area contributed by atoms with Gasteiger partial charge in [-0.2, -0.15) is 0 Å². The van der Waals surface area contributed by atoms with Crippen molar-refractivity contribution in [2.24, 2.45) is 5.73 Å². The van der Waals surface area contributed by atoms with Crippen molar-refractivity contribution >= 4 is 12.4 Å². The molecular formula is C12H17ClN4. The Kier molecular flexibility index (Phi) is 5.12. The van der Waals surface area contributed by atoms with Crippen molar-refractivity contribution < 1.29 is 0 Å². The van der Waals surface area contributed by atoms with Crippen LogP contribution in [0.3, 0.4) is 0 Å². The maximum Gasteiger partial charge on any atom is 0.0697 e.